The minimum Gasteiger partial charge on any atom is -0.495 e. The topological polar surface area (TPSA) is 102 Å². The smallest absolute Gasteiger partial charge is 0.340 e. The molecule has 1 aliphatic heterocycles. The number of hydrogen-bond acceptors (Lipinski definition) is 6. The standard InChI is InChI=1S/C34H25ClN2O6/c1-42-26-15-14-18(35)16-24(26)36-27(38)17-43-34(41)23-12-6-7-13-25(23)37-32(39)30-28-19-8-2-3-9-20(19)29(31(30)33(37)40)22-11-5-4-10-21(22)28/h2-16,28-31H,17H2,1H3,(H,36,38)/t28?,29?,30-,31+. The normalized spacial score (nSPS) is 21.1. The summed E-state index contributed by atoms with van der Waals surface area (Å²) in [4.78, 5) is 55.4. The molecule has 3 amide bonds. The van der Waals surface area contributed by atoms with E-state index in [0.717, 1.165) is 27.2 Å². The summed E-state index contributed by atoms with van der Waals surface area (Å²) in [5.41, 5.74) is 4.72. The number of methoxy groups -OCH3 is 1. The van der Waals surface area contributed by atoms with Crippen molar-refractivity contribution in [3.05, 3.63) is 124 Å². The molecule has 4 aliphatic rings. The van der Waals surface area contributed by atoms with Crippen molar-refractivity contribution in [2.24, 2.45) is 11.8 Å². The summed E-state index contributed by atoms with van der Waals surface area (Å²) in [6.45, 7) is -0.606. The summed E-state index contributed by atoms with van der Waals surface area (Å²) in [5, 5.41) is 3.01. The van der Waals surface area contributed by atoms with Crippen LogP contribution in [0.25, 0.3) is 0 Å². The van der Waals surface area contributed by atoms with Gasteiger partial charge in [0.25, 0.3) is 5.91 Å². The molecule has 2 bridgehead atoms. The van der Waals surface area contributed by atoms with Gasteiger partial charge in [-0.3, -0.25) is 14.4 Å². The first-order chi connectivity index (χ1) is 20.9. The SMILES string of the molecule is COc1ccc(Cl)cc1NC(=O)COC(=O)c1ccccc1N1C(=O)[C@@H]2C3c4ccccc4C(c4ccccc43)[C@@H]2C1=O. The molecular weight excluding hydrogens is 568 g/mol. The van der Waals surface area contributed by atoms with Crippen LogP contribution in [0.2, 0.25) is 5.02 Å². The first-order valence-corrected chi connectivity index (χ1v) is 14.2. The summed E-state index contributed by atoms with van der Waals surface area (Å²) >= 11 is 6.04. The van der Waals surface area contributed by atoms with Crippen LogP contribution in [0.5, 0.6) is 5.75 Å². The van der Waals surface area contributed by atoms with E-state index < -0.39 is 30.3 Å². The first-order valence-electron chi connectivity index (χ1n) is 13.8. The van der Waals surface area contributed by atoms with Gasteiger partial charge in [0, 0.05) is 16.9 Å². The van der Waals surface area contributed by atoms with E-state index in [1.807, 2.05) is 48.5 Å². The van der Waals surface area contributed by atoms with Crippen LogP contribution in [0.4, 0.5) is 11.4 Å². The Morgan fingerprint density at radius 1 is 0.791 bits per heavy atom. The quantitative estimate of drug-likeness (QED) is 0.233. The summed E-state index contributed by atoms with van der Waals surface area (Å²) in [6, 6.07) is 27.0. The summed E-state index contributed by atoms with van der Waals surface area (Å²) in [6.07, 6.45) is 0. The van der Waals surface area contributed by atoms with Gasteiger partial charge < -0.3 is 14.8 Å². The molecule has 214 valence electrons. The highest BCUT2D eigenvalue weighted by atomic mass is 35.5. The molecule has 8 nitrogen and oxygen atoms in total. The molecule has 0 radical (unpaired) electrons. The van der Waals surface area contributed by atoms with Crippen LogP contribution in [0, 0.1) is 11.8 Å². The van der Waals surface area contributed by atoms with Crippen molar-refractivity contribution in [1.82, 2.24) is 0 Å². The summed E-state index contributed by atoms with van der Waals surface area (Å²) in [5.74, 6) is -3.48. The Kier molecular flexibility index (Phi) is 6.51. The van der Waals surface area contributed by atoms with E-state index in [9.17, 15) is 19.2 Å². The lowest BCUT2D eigenvalue weighted by atomic mass is 9.55. The lowest BCUT2D eigenvalue weighted by molar-refractivity contribution is -0.122. The van der Waals surface area contributed by atoms with E-state index >= 15 is 0 Å². The number of halogens is 1. The zero-order valence-electron chi connectivity index (χ0n) is 23.0. The Bertz CT molecular complexity index is 1720. The number of carbonyl (C=O) groups is 4. The number of amides is 3. The zero-order chi connectivity index (χ0) is 29.8. The second kappa shape index (κ2) is 10.4. The second-order valence-electron chi connectivity index (χ2n) is 10.8. The van der Waals surface area contributed by atoms with Gasteiger partial charge in [-0.15, -0.1) is 0 Å². The Balaban J connectivity index is 1.16. The number of ether oxygens (including phenoxy) is 2. The predicted octanol–water partition coefficient (Wildman–Crippen LogP) is 5.54. The third-order valence-corrected chi connectivity index (χ3v) is 8.82. The highest BCUT2D eigenvalue weighted by Crippen LogP contribution is 2.61. The van der Waals surface area contributed by atoms with Crippen LogP contribution in [0.1, 0.15) is 44.4 Å². The third-order valence-electron chi connectivity index (χ3n) is 8.58. The van der Waals surface area contributed by atoms with Crippen molar-refractivity contribution in [1.29, 1.82) is 0 Å². The highest BCUT2D eigenvalue weighted by molar-refractivity contribution is 6.31. The molecule has 9 heteroatoms. The maximum atomic E-state index is 14.2. The fraction of sp³-hybridized carbons (Fsp3) is 0.176. The molecule has 1 saturated heterocycles. The summed E-state index contributed by atoms with van der Waals surface area (Å²) in [7, 11) is 1.45. The molecule has 1 fully saturated rings. The average Bonchev–Trinajstić information content (AvgIpc) is 3.29. The van der Waals surface area contributed by atoms with Gasteiger partial charge in [0.1, 0.15) is 5.75 Å². The number of para-hydroxylation sites is 1. The van der Waals surface area contributed by atoms with Crippen LogP contribution in [-0.2, 0) is 19.1 Å². The monoisotopic (exact) mass is 592 g/mol. The fourth-order valence-electron chi connectivity index (χ4n) is 6.93. The molecule has 2 atom stereocenters. The first kappa shape index (κ1) is 26.9. The fourth-order valence-corrected chi connectivity index (χ4v) is 7.10. The van der Waals surface area contributed by atoms with Crippen LogP contribution in [-0.4, -0.2) is 37.4 Å². The van der Waals surface area contributed by atoms with Gasteiger partial charge in [0.05, 0.1) is 35.9 Å². The number of benzene rings is 4. The number of carbonyl (C=O) groups excluding carboxylic acids is 4. The number of nitrogens with one attached hydrogen (secondary N) is 1. The van der Waals surface area contributed by atoms with Gasteiger partial charge >= 0.3 is 5.97 Å². The van der Waals surface area contributed by atoms with Crippen molar-refractivity contribution >= 4 is 46.7 Å². The number of imide groups is 1. The lowest BCUT2D eigenvalue weighted by Crippen LogP contribution is -2.41. The Hall–Kier alpha value is -4.95. The van der Waals surface area contributed by atoms with Crippen LogP contribution in [0.3, 0.4) is 0 Å². The Morgan fingerprint density at radius 2 is 1.33 bits per heavy atom. The number of rotatable bonds is 6. The molecule has 3 aliphatic carbocycles. The van der Waals surface area contributed by atoms with Gasteiger partial charge in [0.15, 0.2) is 6.61 Å². The number of nitrogens with zero attached hydrogens (tertiary/aromatic N) is 1. The van der Waals surface area contributed by atoms with Crippen LogP contribution < -0.4 is 15.0 Å². The average molecular weight is 593 g/mol. The van der Waals surface area contributed by atoms with E-state index in [-0.39, 0.29) is 34.9 Å². The van der Waals surface area contributed by atoms with Crippen molar-refractivity contribution in [3.63, 3.8) is 0 Å². The Labute approximate surface area is 252 Å². The number of anilines is 2. The Morgan fingerprint density at radius 3 is 1.88 bits per heavy atom. The maximum Gasteiger partial charge on any atom is 0.340 e. The van der Waals surface area contributed by atoms with Crippen molar-refractivity contribution in [2.45, 2.75) is 11.8 Å². The molecule has 4 aromatic carbocycles. The number of hydrogen-bond donors (Lipinski definition) is 1. The van der Waals surface area contributed by atoms with Crippen molar-refractivity contribution < 1.29 is 28.7 Å². The van der Waals surface area contributed by atoms with Crippen LogP contribution >= 0.6 is 11.6 Å². The third kappa shape index (κ3) is 4.20. The van der Waals surface area contributed by atoms with E-state index in [2.05, 4.69) is 5.32 Å². The van der Waals surface area contributed by atoms with Crippen LogP contribution in [0.15, 0.2) is 91.0 Å². The molecule has 0 aromatic heterocycles. The molecule has 43 heavy (non-hydrogen) atoms. The molecular formula is C34H25ClN2O6. The molecule has 1 heterocycles. The molecule has 0 spiro atoms. The largest absolute Gasteiger partial charge is 0.495 e. The number of esters is 1. The highest BCUT2D eigenvalue weighted by Gasteiger charge is 2.62. The second-order valence-corrected chi connectivity index (χ2v) is 11.2. The predicted molar refractivity (Wildman–Crippen MR) is 159 cm³/mol. The zero-order valence-corrected chi connectivity index (χ0v) is 23.7. The molecule has 0 unspecified atom stereocenters. The van der Waals surface area contributed by atoms with E-state index in [0.29, 0.717) is 16.5 Å². The van der Waals surface area contributed by atoms with Gasteiger partial charge in [-0.25, -0.2) is 9.69 Å². The molecule has 0 saturated carbocycles. The van der Waals surface area contributed by atoms with E-state index in [4.69, 9.17) is 21.1 Å². The lowest BCUT2D eigenvalue weighted by Gasteiger charge is -2.45. The van der Waals surface area contributed by atoms with Gasteiger partial charge in [-0.05, 0) is 52.6 Å². The molecule has 1 N–H and O–H groups in total. The minimum absolute atomic E-state index is 0.0124. The van der Waals surface area contributed by atoms with Gasteiger partial charge in [-0.1, -0.05) is 72.3 Å². The van der Waals surface area contributed by atoms with E-state index in [1.165, 1.54) is 19.2 Å². The van der Waals surface area contributed by atoms with Crippen molar-refractivity contribution in [3.8, 4) is 5.75 Å². The van der Waals surface area contributed by atoms with E-state index in [1.54, 1.807) is 30.3 Å². The van der Waals surface area contributed by atoms with Gasteiger partial charge in [-0.2, -0.15) is 0 Å². The maximum absolute atomic E-state index is 14.2. The minimum atomic E-state index is -0.839. The van der Waals surface area contributed by atoms with Crippen molar-refractivity contribution in [2.75, 3.05) is 23.9 Å². The summed E-state index contributed by atoms with van der Waals surface area (Å²) < 4.78 is 10.6. The molecule has 4 aromatic rings. The van der Waals surface area contributed by atoms with Gasteiger partial charge in [0.2, 0.25) is 11.8 Å². The molecule has 8 rings (SSSR count).